The van der Waals surface area contributed by atoms with Crippen LogP contribution in [0.4, 0.5) is 4.79 Å². The molecule has 0 spiro atoms. The van der Waals surface area contributed by atoms with Crippen molar-refractivity contribution in [2.45, 2.75) is 58.2 Å². The van der Waals surface area contributed by atoms with Crippen molar-refractivity contribution in [1.29, 1.82) is 0 Å². The molecule has 2 atom stereocenters. The van der Waals surface area contributed by atoms with Gasteiger partial charge in [0.25, 0.3) is 5.91 Å². The molecule has 0 saturated heterocycles. The zero-order valence-corrected chi connectivity index (χ0v) is 20.5. The lowest BCUT2D eigenvalue weighted by molar-refractivity contribution is -0.142. The third kappa shape index (κ3) is 9.75. The van der Waals surface area contributed by atoms with Crippen molar-refractivity contribution in [3.05, 3.63) is 35.4 Å². The number of ether oxygens (including phenoxy) is 2. The molecule has 1 aromatic rings. The maximum absolute atomic E-state index is 13.5. The number of aryl methyl sites for hydroxylation is 1. The van der Waals surface area contributed by atoms with E-state index >= 15 is 0 Å². The maximum atomic E-state index is 13.5. The lowest BCUT2D eigenvalue weighted by atomic mass is 10.0. The summed E-state index contributed by atoms with van der Waals surface area (Å²) in [4.78, 5) is 62.5. The zero-order chi connectivity index (χ0) is 26.8. The average Bonchev–Trinajstić information content (AvgIpc) is 2.77. The van der Waals surface area contributed by atoms with E-state index in [1.54, 1.807) is 45.0 Å². The minimum absolute atomic E-state index is 0.185. The van der Waals surface area contributed by atoms with E-state index in [-0.39, 0.29) is 12.8 Å². The van der Waals surface area contributed by atoms with Crippen molar-refractivity contribution in [2.75, 3.05) is 13.7 Å². The molecular weight excluding hydrogens is 456 g/mol. The number of esters is 1. The highest BCUT2D eigenvalue weighted by molar-refractivity contribution is 5.94. The highest BCUT2D eigenvalue weighted by Gasteiger charge is 2.36. The molecule has 0 radical (unpaired) electrons. The number of carbonyl (C=O) groups is 5. The second-order valence-electron chi connectivity index (χ2n) is 8.65. The second kappa shape index (κ2) is 13.0. The molecule has 190 valence electrons. The highest BCUT2D eigenvalue weighted by Crippen LogP contribution is 2.23. The van der Waals surface area contributed by atoms with Crippen molar-refractivity contribution < 1.29 is 33.4 Å². The molecule has 11 heteroatoms. The number of hydrogen-bond donors (Lipinski definition) is 3. The molecule has 0 aliphatic heterocycles. The van der Waals surface area contributed by atoms with E-state index in [2.05, 4.69) is 21.4 Å². The first-order chi connectivity index (χ1) is 16.3. The van der Waals surface area contributed by atoms with Crippen LogP contribution in [0.25, 0.3) is 0 Å². The number of rotatable bonds is 10. The van der Waals surface area contributed by atoms with E-state index in [1.165, 1.54) is 0 Å². The molecule has 35 heavy (non-hydrogen) atoms. The number of nitrogens with zero attached hydrogens (tertiary/aromatic N) is 1. The molecule has 0 bridgehead atoms. The molecule has 0 heterocycles. The predicted molar refractivity (Wildman–Crippen MR) is 126 cm³/mol. The summed E-state index contributed by atoms with van der Waals surface area (Å²) in [6.07, 6.45) is 4.29. The van der Waals surface area contributed by atoms with E-state index in [1.807, 2.05) is 6.92 Å². The van der Waals surface area contributed by atoms with Gasteiger partial charge in [-0.15, -0.1) is 0 Å². The fourth-order valence-corrected chi connectivity index (χ4v) is 2.92. The van der Waals surface area contributed by atoms with Crippen LogP contribution in [0.2, 0.25) is 0 Å². The Morgan fingerprint density at radius 3 is 2.23 bits per heavy atom. The van der Waals surface area contributed by atoms with Gasteiger partial charge in [-0.3, -0.25) is 24.1 Å². The largest absolute Gasteiger partial charge is 0.468 e. The maximum Gasteiger partial charge on any atom is 0.408 e. The van der Waals surface area contributed by atoms with Gasteiger partial charge in [0.15, 0.2) is 0 Å². The van der Waals surface area contributed by atoms with Crippen LogP contribution in [0.3, 0.4) is 0 Å². The van der Waals surface area contributed by atoms with Crippen LogP contribution in [0, 0.1) is 19.4 Å². The Labute approximate surface area is 204 Å². The molecule has 0 aromatic heterocycles. The summed E-state index contributed by atoms with van der Waals surface area (Å²) in [7, 11) is 1.16. The number of terminal acetylenes is 1. The van der Waals surface area contributed by atoms with Crippen LogP contribution in [-0.2, 0) is 28.7 Å². The van der Waals surface area contributed by atoms with Gasteiger partial charge in [-0.05, 0) is 39.7 Å². The quantitative estimate of drug-likeness (QED) is 0.251. The summed E-state index contributed by atoms with van der Waals surface area (Å²) in [6, 6.07) is 6.16. The van der Waals surface area contributed by atoms with Crippen molar-refractivity contribution in [3.8, 4) is 12.5 Å². The van der Waals surface area contributed by atoms with Crippen LogP contribution >= 0.6 is 0 Å². The summed E-state index contributed by atoms with van der Waals surface area (Å²) >= 11 is 0. The molecule has 1 rings (SSSR count). The van der Waals surface area contributed by atoms with Gasteiger partial charge < -0.3 is 25.8 Å². The van der Waals surface area contributed by atoms with Crippen molar-refractivity contribution in [3.63, 3.8) is 0 Å². The Morgan fingerprint density at radius 1 is 1.14 bits per heavy atom. The van der Waals surface area contributed by atoms with E-state index < -0.39 is 54.0 Å². The van der Waals surface area contributed by atoms with Crippen molar-refractivity contribution in [2.24, 2.45) is 5.73 Å². The van der Waals surface area contributed by atoms with Crippen LogP contribution in [-0.4, -0.2) is 60.0 Å². The average molecular weight is 489 g/mol. The minimum atomic E-state index is -1.35. The molecule has 4 N–H and O–H groups in total. The molecule has 0 saturated carbocycles. The normalized spacial score (nSPS) is 12.3. The summed E-state index contributed by atoms with van der Waals surface area (Å²) in [5.74, 6) is -3.01. The molecule has 11 nitrogen and oxygen atoms in total. The first-order valence-electron chi connectivity index (χ1n) is 10.8. The Kier molecular flexibility index (Phi) is 10.7. The van der Waals surface area contributed by atoms with Crippen LogP contribution in [0.1, 0.15) is 50.8 Å². The smallest absolute Gasteiger partial charge is 0.408 e. The van der Waals surface area contributed by atoms with Crippen molar-refractivity contribution in [1.82, 2.24) is 15.5 Å². The first kappa shape index (κ1) is 29.0. The number of alkyl carbamates (subject to hydrolysis) is 1. The SMILES string of the molecule is C#CN(C(=O)C(CCC(N)=O)NC(=O)OC(C)(C)C)C(C(=O)NCC(=O)OC)c1ccc(C)cc1. The molecule has 4 amide bonds. The number of nitrogens with one attached hydrogen (secondary N) is 2. The molecular formula is C24H32N4O7. The van der Waals surface area contributed by atoms with Crippen LogP contribution in [0.15, 0.2) is 24.3 Å². The third-order valence-corrected chi connectivity index (χ3v) is 4.58. The van der Waals surface area contributed by atoms with Crippen LogP contribution in [0.5, 0.6) is 0 Å². The number of hydrogen-bond acceptors (Lipinski definition) is 7. The molecule has 0 fully saturated rings. The number of primary amides is 1. The molecule has 0 aliphatic carbocycles. The second-order valence-corrected chi connectivity index (χ2v) is 8.65. The number of nitrogens with two attached hydrogens (primary N) is 1. The lowest BCUT2D eigenvalue weighted by Gasteiger charge is -2.30. The van der Waals surface area contributed by atoms with Gasteiger partial charge in [-0.2, -0.15) is 0 Å². The Bertz CT molecular complexity index is 977. The zero-order valence-electron chi connectivity index (χ0n) is 20.5. The third-order valence-electron chi connectivity index (χ3n) is 4.58. The summed E-state index contributed by atoms with van der Waals surface area (Å²) < 4.78 is 9.73. The van der Waals surface area contributed by atoms with E-state index in [0.717, 1.165) is 17.6 Å². The van der Waals surface area contributed by atoms with Crippen LogP contribution < -0.4 is 16.4 Å². The van der Waals surface area contributed by atoms with Crippen molar-refractivity contribution >= 4 is 29.8 Å². The van der Waals surface area contributed by atoms with Gasteiger partial charge in [0.2, 0.25) is 11.8 Å². The molecule has 0 aliphatic rings. The van der Waals surface area contributed by atoms with Gasteiger partial charge >= 0.3 is 12.1 Å². The van der Waals surface area contributed by atoms with E-state index in [0.29, 0.717) is 5.56 Å². The Hall–Kier alpha value is -4.07. The van der Waals surface area contributed by atoms with Gasteiger partial charge in [-0.25, -0.2) is 4.79 Å². The fourth-order valence-electron chi connectivity index (χ4n) is 2.92. The Morgan fingerprint density at radius 2 is 1.74 bits per heavy atom. The predicted octanol–water partition coefficient (Wildman–Crippen LogP) is 0.903. The van der Waals surface area contributed by atoms with E-state index in [9.17, 15) is 24.0 Å². The monoisotopic (exact) mass is 488 g/mol. The number of benzene rings is 1. The lowest BCUT2D eigenvalue weighted by Crippen LogP contribution is -2.52. The molecule has 2 unspecified atom stereocenters. The van der Waals surface area contributed by atoms with Gasteiger partial charge in [-0.1, -0.05) is 36.3 Å². The first-order valence-corrected chi connectivity index (χ1v) is 10.8. The van der Waals surface area contributed by atoms with Gasteiger partial charge in [0.1, 0.15) is 24.2 Å². The summed E-state index contributed by atoms with van der Waals surface area (Å²) in [5, 5.41) is 4.78. The topological polar surface area (TPSA) is 157 Å². The summed E-state index contributed by atoms with van der Waals surface area (Å²) in [6.45, 7) is 6.30. The van der Waals surface area contributed by atoms with Gasteiger partial charge in [0.05, 0.1) is 7.11 Å². The summed E-state index contributed by atoms with van der Waals surface area (Å²) in [5.41, 5.74) is 5.62. The molecule has 1 aromatic carbocycles. The Balaban J connectivity index is 3.35. The minimum Gasteiger partial charge on any atom is -0.468 e. The van der Waals surface area contributed by atoms with Gasteiger partial charge in [0, 0.05) is 12.5 Å². The highest BCUT2D eigenvalue weighted by atomic mass is 16.6. The number of methoxy groups -OCH3 is 1. The number of amides is 4. The fraction of sp³-hybridized carbons (Fsp3) is 0.458. The number of carbonyl (C=O) groups excluding carboxylic acids is 5. The van der Waals surface area contributed by atoms with E-state index in [4.69, 9.17) is 16.9 Å². The standard InChI is InChI=1S/C24H32N4O7/c1-7-28(22(32)17(12-13-18(25)29)27-23(33)35-24(3,4)5)20(16-10-8-15(2)9-11-16)21(31)26-14-19(30)34-6/h1,8-11,17,20H,12-14H2,2-6H3,(H2,25,29)(H,26,31)(H,27,33).